The molecule has 2 atom stereocenters. The molecule has 2 heterocycles. The maximum atomic E-state index is 12.1. The Labute approximate surface area is 141 Å². The normalized spacial score (nSPS) is 26.3. The Hall–Kier alpha value is -1.24. The van der Waals surface area contributed by atoms with E-state index in [2.05, 4.69) is 27.7 Å². The van der Waals surface area contributed by atoms with Crippen LogP contribution in [0.25, 0.3) is 0 Å². The molecule has 128 valence electrons. The van der Waals surface area contributed by atoms with Crippen molar-refractivity contribution in [2.24, 2.45) is 0 Å². The van der Waals surface area contributed by atoms with Gasteiger partial charge >= 0.3 is 6.03 Å². The Morgan fingerprint density at radius 2 is 2.22 bits per heavy atom. The number of nitrogens with zero attached hydrogens (tertiary/aromatic N) is 2. The maximum absolute atomic E-state index is 12.1. The summed E-state index contributed by atoms with van der Waals surface area (Å²) in [7, 11) is 0. The summed E-state index contributed by atoms with van der Waals surface area (Å²) in [4.78, 5) is 16.5. The van der Waals surface area contributed by atoms with Crippen LogP contribution in [-0.2, 0) is 0 Å². The van der Waals surface area contributed by atoms with Crippen molar-refractivity contribution in [3.05, 3.63) is 11.7 Å². The van der Waals surface area contributed by atoms with E-state index in [1.54, 1.807) is 0 Å². The van der Waals surface area contributed by atoms with E-state index in [4.69, 9.17) is 4.52 Å². The standard InChI is InChI=1S/C16H26N4O2S/c1-11(14-19-13(20-22-14)12-6-3-4-7-12)18-15(21)17-10-16(2)8-5-9-23-16/h11-12H,3-10H2,1-2H3,(H2,17,18,21)/t11-,16+/m1/s1. The molecule has 3 rings (SSSR count). The molecule has 2 aliphatic rings. The predicted molar refractivity (Wildman–Crippen MR) is 90.6 cm³/mol. The topological polar surface area (TPSA) is 80.0 Å². The Kier molecular flexibility index (Phi) is 5.14. The van der Waals surface area contributed by atoms with E-state index in [1.807, 2.05) is 18.7 Å². The summed E-state index contributed by atoms with van der Waals surface area (Å²) in [5.41, 5.74) is 0. The van der Waals surface area contributed by atoms with Gasteiger partial charge in [-0.1, -0.05) is 18.0 Å². The minimum absolute atomic E-state index is 0.167. The number of amides is 2. The quantitative estimate of drug-likeness (QED) is 0.860. The van der Waals surface area contributed by atoms with Crippen LogP contribution in [0.5, 0.6) is 0 Å². The van der Waals surface area contributed by atoms with Crippen LogP contribution in [0.1, 0.15) is 76.0 Å². The SMILES string of the molecule is C[C@@H](NC(=O)NC[C@]1(C)CCCS1)c1nc(C2CCCC2)no1. The zero-order chi connectivity index (χ0) is 16.3. The molecule has 7 heteroatoms. The Morgan fingerprint density at radius 3 is 2.91 bits per heavy atom. The first-order chi connectivity index (χ1) is 11.1. The number of rotatable bonds is 5. The molecule has 0 aromatic carbocycles. The average molecular weight is 338 g/mol. The van der Waals surface area contributed by atoms with E-state index < -0.39 is 0 Å². The molecule has 1 aliphatic carbocycles. The third-order valence-corrected chi connectivity index (χ3v) is 6.36. The lowest BCUT2D eigenvalue weighted by Crippen LogP contribution is -2.43. The van der Waals surface area contributed by atoms with Gasteiger partial charge in [0.15, 0.2) is 5.82 Å². The fourth-order valence-corrected chi connectivity index (χ4v) is 4.57. The molecule has 1 aliphatic heterocycles. The lowest BCUT2D eigenvalue weighted by molar-refractivity contribution is 0.233. The molecule has 1 saturated heterocycles. The molecular formula is C16H26N4O2S. The van der Waals surface area contributed by atoms with Crippen LogP contribution < -0.4 is 10.6 Å². The molecule has 1 aromatic heterocycles. The van der Waals surface area contributed by atoms with Gasteiger partial charge in [-0.05, 0) is 45.3 Å². The first-order valence-electron chi connectivity index (χ1n) is 8.57. The number of urea groups is 1. The monoisotopic (exact) mass is 338 g/mol. The van der Waals surface area contributed by atoms with Crippen LogP contribution in [0.3, 0.4) is 0 Å². The molecule has 2 amide bonds. The summed E-state index contributed by atoms with van der Waals surface area (Å²) < 4.78 is 5.50. The van der Waals surface area contributed by atoms with Gasteiger partial charge in [0.2, 0.25) is 5.89 Å². The predicted octanol–water partition coefficient (Wildman–Crippen LogP) is 3.37. The second-order valence-electron chi connectivity index (χ2n) is 6.92. The van der Waals surface area contributed by atoms with E-state index in [0.29, 0.717) is 18.4 Å². The van der Waals surface area contributed by atoms with E-state index in [1.165, 1.54) is 25.0 Å². The fourth-order valence-electron chi connectivity index (χ4n) is 3.33. The first kappa shape index (κ1) is 16.6. The van der Waals surface area contributed by atoms with Gasteiger partial charge < -0.3 is 15.2 Å². The number of carbonyl (C=O) groups excluding carboxylic acids is 1. The van der Waals surface area contributed by atoms with Gasteiger partial charge in [-0.3, -0.25) is 0 Å². The highest BCUT2D eigenvalue weighted by atomic mass is 32.2. The molecule has 6 nitrogen and oxygen atoms in total. The molecule has 0 spiro atoms. The van der Waals surface area contributed by atoms with Crippen LogP contribution in [0.2, 0.25) is 0 Å². The summed E-state index contributed by atoms with van der Waals surface area (Å²) in [5.74, 6) is 2.89. The number of thioether (sulfide) groups is 1. The third-order valence-electron chi connectivity index (χ3n) is 4.82. The van der Waals surface area contributed by atoms with E-state index in [-0.39, 0.29) is 16.8 Å². The zero-order valence-electron chi connectivity index (χ0n) is 13.9. The Morgan fingerprint density at radius 1 is 1.43 bits per heavy atom. The summed E-state index contributed by atoms with van der Waals surface area (Å²) in [6, 6.07) is -0.450. The summed E-state index contributed by atoms with van der Waals surface area (Å²) in [6.07, 6.45) is 7.13. The number of hydrogen-bond acceptors (Lipinski definition) is 5. The van der Waals surface area contributed by atoms with Crippen LogP contribution in [-0.4, -0.2) is 33.2 Å². The highest BCUT2D eigenvalue weighted by Crippen LogP contribution is 2.37. The van der Waals surface area contributed by atoms with Gasteiger partial charge in [-0.15, -0.1) is 0 Å². The van der Waals surface area contributed by atoms with Crippen molar-refractivity contribution in [3.8, 4) is 0 Å². The second kappa shape index (κ2) is 7.11. The van der Waals surface area contributed by atoms with Crippen molar-refractivity contribution in [2.75, 3.05) is 12.3 Å². The molecule has 2 fully saturated rings. The second-order valence-corrected chi connectivity index (χ2v) is 8.61. The maximum Gasteiger partial charge on any atom is 0.315 e. The van der Waals surface area contributed by atoms with Gasteiger partial charge in [0.05, 0.1) is 0 Å². The van der Waals surface area contributed by atoms with Crippen molar-refractivity contribution < 1.29 is 9.32 Å². The molecule has 1 saturated carbocycles. The lowest BCUT2D eigenvalue weighted by Gasteiger charge is -2.23. The van der Waals surface area contributed by atoms with Gasteiger partial charge in [0, 0.05) is 17.2 Å². The molecule has 0 radical (unpaired) electrons. The van der Waals surface area contributed by atoms with Crippen molar-refractivity contribution in [3.63, 3.8) is 0 Å². The number of aromatic nitrogens is 2. The van der Waals surface area contributed by atoms with Crippen LogP contribution in [0, 0.1) is 0 Å². The van der Waals surface area contributed by atoms with Gasteiger partial charge in [0.25, 0.3) is 0 Å². The van der Waals surface area contributed by atoms with Crippen molar-refractivity contribution in [1.29, 1.82) is 0 Å². The Balaban J connectivity index is 1.48. The third kappa shape index (κ3) is 4.19. The number of hydrogen-bond donors (Lipinski definition) is 2. The highest BCUT2D eigenvalue weighted by Gasteiger charge is 2.30. The highest BCUT2D eigenvalue weighted by molar-refractivity contribution is 8.00. The van der Waals surface area contributed by atoms with Gasteiger partial charge in [-0.25, -0.2) is 4.79 Å². The van der Waals surface area contributed by atoms with Gasteiger partial charge in [0.1, 0.15) is 6.04 Å². The van der Waals surface area contributed by atoms with Gasteiger partial charge in [-0.2, -0.15) is 16.7 Å². The zero-order valence-corrected chi connectivity index (χ0v) is 14.7. The van der Waals surface area contributed by atoms with E-state index in [0.717, 1.165) is 25.1 Å². The van der Waals surface area contributed by atoms with Crippen LogP contribution in [0.15, 0.2) is 4.52 Å². The summed E-state index contributed by atoms with van der Waals surface area (Å²) >= 11 is 1.94. The number of nitrogens with one attached hydrogen (secondary N) is 2. The van der Waals surface area contributed by atoms with Crippen LogP contribution >= 0.6 is 11.8 Å². The molecule has 1 aromatic rings. The van der Waals surface area contributed by atoms with Crippen molar-refractivity contribution in [1.82, 2.24) is 20.8 Å². The minimum Gasteiger partial charge on any atom is -0.337 e. The molecule has 0 unspecified atom stereocenters. The van der Waals surface area contributed by atoms with Crippen molar-refractivity contribution >= 4 is 17.8 Å². The Bertz CT molecular complexity index is 536. The fraction of sp³-hybridized carbons (Fsp3) is 0.812. The largest absolute Gasteiger partial charge is 0.337 e. The molecule has 23 heavy (non-hydrogen) atoms. The average Bonchev–Trinajstić information content (AvgIpc) is 3.26. The van der Waals surface area contributed by atoms with Crippen LogP contribution in [0.4, 0.5) is 4.79 Å². The molecular weight excluding hydrogens is 312 g/mol. The van der Waals surface area contributed by atoms with E-state index >= 15 is 0 Å². The molecule has 0 bridgehead atoms. The summed E-state index contributed by atoms with van der Waals surface area (Å²) in [6.45, 7) is 4.77. The summed E-state index contributed by atoms with van der Waals surface area (Å²) in [5, 5.41) is 9.94. The smallest absolute Gasteiger partial charge is 0.315 e. The minimum atomic E-state index is -0.276. The number of carbonyl (C=O) groups is 1. The lowest BCUT2D eigenvalue weighted by atomic mass is 10.1. The molecule has 2 N–H and O–H groups in total. The first-order valence-corrected chi connectivity index (χ1v) is 9.56. The van der Waals surface area contributed by atoms with Crippen molar-refractivity contribution in [2.45, 2.75) is 69.1 Å². The van der Waals surface area contributed by atoms with E-state index in [9.17, 15) is 4.79 Å².